The molecule has 2 aromatic rings. The summed E-state index contributed by atoms with van der Waals surface area (Å²) in [4.78, 5) is 20.4. The highest BCUT2D eigenvalue weighted by Gasteiger charge is 2.24. The maximum absolute atomic E-state index is 11.8. The number of rotatable bonds is 3. The fraction of sp³-hybridized carbons (Fsp3) is 0.500. The van der Waals surface area contributed by atoms with Gasteiger partial charge in [0.05, 0.1) is 5.69 Å². The fourth-order valence-corrected chi connectivity index (χ4v) is 2.89. The number of aryl methyl sites for hydroxylation is 1. The SMILES string of the molecule is Cc1cccc2nc(CN3CCN(C(=O)C(C)O)CC3)cn12. The number of fused-ring (bicyclic) bond motifs is 1. The number of piperazine rings is 1. The molecule has 0 aliphatic carbocycles. The molecule has 118 valence electrons. The molecular formula is C16H22N4O2. The average molecular weight is 302 g/mol. The van der Waals surface area contributed by atoms with Crippen LogP contribution in [0.2, 0.25) is 0 Å². The highest BCUT2D eigenvalue weighted by atomic mass is 16.3. The van der Waals surface area contributed by atoms with Crippen LogP contribution < -0.4 is 0 Å². The number of amides is 1. The second kappa shape index (κ2) is 6.06. The predicted octanol–water partition coefficient (Wildman–Crippen LogP) is 0.668. The quantitative estimate of drug-likeness (QED) is 0.905. The molecule has 1 amide bonds. The lowest BCUT2D eigenvalue weighted by Gasteiger charge is -2.34. The maximum atomic E-state index is 11.8. The van der Waals surface area contributed by atoms with Crippen molar-refractivity contribution in [3.05, 3.63) is 35.8 Å². The van der Waals surface area contributed by atoms with Crippen molar-refractivity contribution in [2.24, 2.45) is 0 Å². The van der Waals surface area contributed by atoms with Gasteiger partial charge in [-0.3, -0.25) is 9.69 Å². The molecule has 1 atom stereocenters. The van der Waals surface area contributed by atoms with E-state index < -0.39 is 6.10 Å². The smallest absolute Gasteiger partial charge is 0.251 e. The lowest BCUT2D eigenvalue weighted by molar-refractivity contribution is -0.141. The van der Waals surface area contributed by atoms with Crippen molar-refractivity contribution >= 4 is 11.6 Å². The van der Waals surface area contributed by atoms with E-state index in [0.717, 1.165) is 31.0 Å². The van der Waals surface area contributed by atoms with E-state index in [1.165, 1.54) is 12.6 Å². The molecule has 0 saturated carbocycles. The molecular weight excluding hydrogens is 280 g/mol. The van der Waals surface area contributed by atoms with Gasteiger partial charge in [0.25, 0.3) is 5.91 Å². The summed E-state index contributed by atoms with van der Waals surface area (Å²) in [6.45, 7) is 7.33. The molecule has 1 aliphatic heterocycles. The Labute approximate surface area is 130 Å². The summed E-state index contributed by atoms with van der Waals surface area (Å²) in [6.07, 6.45) is 1.17. The maximum Gasteiger partial charge on any atom is 0.251 e. The molecule has 22 heavy (non-hydrogen) atoms. The first-order valence-corrected chi connectivity index (χ1v) is 7.67. The van der Waals surface area contributed by atoms with Gasteiger partial charge >= 0.3 is 0 Å². The zero-order valence-corrected chi connectivity index (χ0v) is 13.1. The first kappa shape index (κ1) is 15.0. The number of aliphatic hydroxyl groups is 1. The minimum atomic E-state index is -0.909. The largest absolute Gasteiger partial charge is 0.384 e. The molecule has 0 aromatic carbocycles. The number of pyridine rings is 1. The number of aliphatic hydroxyl groups excluding tert-OH is 1. The van der Waals surface area contributed by atoms with Gasteiger partial charge in [-0.2, -0.15) is 0 Å². The predicted molar refractivity (Wildman–Crippen MR) is 83.5 cm³/mol. The summed E-state index contributed by atoms with van der Waals surface area (Å²) in [5.74, 6) is -0.178. The molecule has 1 fully saturated rings. The van der Waals surface area contributed by atoms with Crippen LogP contribution in [0.5, 0.6) is 0 Å². The van der Waals surface area contributed by atoms with Crippen molar-refractivity contribution in [1.29, 1.82) is 0 Å². The number of aromatic nitrogens is 2. The van der Waals surface area contributed by atoms with E-state index in [9.17, 15) is 9.90 Å². The van der Waals surface area contributed by atoms with Gasteiger partial charge in [0.15, 0.2) is 0 Å². The summed E-state index contributed by atoms with van der Waals surface area (Å²) in [5.41, 5.74) is 3.19. The zero-order valence-electron chi connectivity index (χ0n) is 13.1. The second-order valence-corrected chi connectivity index (χ2v) is 5.91. The summed E-state index contributed by atoms with van der Waals surface area (Å²) >= 11 is 0. The summed E-state index contributed by atoms with van der Waals surface area (Å²) in [5, 5.41) is 9.36. The number of carbonyl (C=O) groups is 1. The van der Waals surface area contributed by atoms with Crippen LogP contribution in [0.25, 0.3) is 5.65 Å². The Hall–Kier alpha value is -1.92. The topological polar surface area (TPSA) is 61.1 Å². The van der Waals surface area contributed by atoms with E-state index in [0.29, 0.717) is 13.1 Å². The van der Waals surface area contributed by atoms with E-state index in [4.69, 9.17) is 0 Å². The van der Waals surface area contributed by atoms with Crippen LogP contribution >= 0.6 is 0 Å². The van der Waals surface area contributed by atoms with E-state index in [1.54, 1.807) is 4.90 Å². The van der Waals surface area contributed by atoms with E-state index >= 15 is 0 Å². The molecule has 3 rings (SSSR count). The van der Waals surface area contributed by atoms with E-state index in [1.807, 2.05) is 12.1 Å². The molecule has 0 spiro atoms. The Balaban J connectivity index is 1.62. The first-order chi connectivity index (χ1) is 10.5. The molecule has 0 radical (unpaired) electrons. The first-order valence-electron chi connectivity index (χ1n) is 7.67. The lowest BCUT2D eigenvalue weighted by Crippen LogP contribution is -2.50. The summed E-state index contributed by atoms with van der Waals surface area (Å²) < 4.78 is 2.10. The number of hydrogen-bond acceptors (Lipinski definition) is 4. The molecule has 2 aromatic heterocycles. The van der Waals surface area contributed by atoms with Crippen LogP contribution in [-0.2, 0) is 11.3 Å². The third-order valence-electron chi connectivity index (χ3n) is 4.17. The molecule has 0 bridgehead atoms. The third kappa shape index (κ3) is 2.98. The summed E-state index contributed by atoms with van der Waals surface area (Å²) in [7, 11) is 0. The Kier molecular flexibility index (Phi) is 4.13. The fourth-order valence-electron chi connectivity index (χ4n) is 2.89. The van der Waals surface area contributed by atoms with Gasteiger partial charge in [-0.1, -0.05) is 6.07 Å². The number of nitrogens with zero attached hydrogens (tertiary/aromatic N) is 4. The van der Waals surface area contributed by atoms with Crippen molar-refractivity contribution in [2.45, 2.75) is 26.5 Å². The number of hydrogen-bond donors (Lipinski definition) is 1. The van der Waals surface area contributed by atoms with Crippen molar-refractivity contribution in [3.63, 3.8) is 0 Å². The van der Waals surface area contributed by atoms with Crippen molar-refractivity contribution in [3.8, 4) is 0 Å². The van der Waals surface area contributed by atoms with Crippen LogP contribution in [-0.4, -0.2) is 62.5 Å². The van der Waals surface area contributed by atoms with Gasteiger partial charge in [0.1, 0.15) is 11.8 Å². The van der Waals surface area contributed by atoms with Crippen LogP contribution in [0.1, 0.15) is 18.3 Å². The molecule has 6 nitrogen and oxygen atoms in total. The monoisotopic (exact) mass is 302 g/mol. The second-order valence-electron chi connectivity index (χ2n) is 5.91. The standard InChI is InChI=1S/C16H22N4O2/c1-12-4-3-5-15-17-14(11-20(12)15)10-18-6-8-19(9-7-18)16(22)13(2)21/h3-5,11,13,21H,6-10H2,1-2H3. The van der Waals surface area contributed by atoms with Gasteiger partial charge in [-0.15, -0.1) is 0 Å². The van der Waals surface area contributed by atoms with Crippen molar-refractivity contribution < 1.29 is 9.90 Å². The van der Waals surface area contributed by atoms with Crippen LogP contribution in [0.15, 0.2) is 24.4 Å². The van der Waals surface area contributed by atoms with Crippen molar-refractivity contribution in [2.75, 3.05) is 26.2 Å². The molecule has 1 N–H and O–H groups in total. The Bertz CT molecular complexity index is 672. The minimum absolute atomic E-state index is 0.178. The molecule has 6 heteroatoms. The third-order valence-corrected chi connectivity index (χ3v) is 4.17. The van der Waals surface area contributed by atoms with Gasteiger partial charge in [-0.25, -0.2) is 4.98 Å². The normalized spacial score (nSPS) is 17.9. The Morgan fingerprint density at radius 1 is 1.32 bits per heavy atom. The molecule has 1 unspecified atom stereocenters. The van der Waals surface area contributed by atoms with Crippen LogP contribution in [0.3, 0.4) is 0 Å². The van der Waals surface area contributed by atoms with Crippen molar-refractivity contribution in [1.82, 2.24) is 19.2 Å². The van der Waals surface area contributed by atoms with Gasteiger partial charge in [0.2, 0.25) is 0 Å². The molecule has 1 aliphatic rings. The minimum Gasteiger partial charge on any atom is -0.384 e. The van der Waals surface area contributed by atoms with Gasteiger partial charge in [0, 0.05) is 44.6 Å². The van der Waals surface area contributed by atoms with Gasteiger partial charge < -0.3 is 14.4 Å². The Morgan fingerprint density at radius 3 is 2.68 bits per heavy atom. The van der Waals surface area contributed by atoms with Gasteiger partial charge in [-0.05, 0) is 26.0 Å². The average Bonchev–Trinajstić information content (AvgIpc) is 2.91. The lowest BCUT2D eigenvalue weighted by atomic mass is 10.2. The van der Waals surface area contributed by atoms with E-state index in [-0.39, 0.29) is 5.91 Å². The molecule has 1 saturated heterocycles. The van der Waals surface area contributed by atoms with E-state index in [2.05, 4.69) is 33.5 Å². The number of carbonyl (C=O) groups excluding carboxylic acids is 1. The molecule has 3 heterocycles. The highest BCUT2D eigenvalue weighted by Crippen LogP contribution is 2.12. The van der Waals surface area contributed by atoms with Crippen LogP contribution in [0, 0.1) is 6.92 Å². The number of imidazole rings is 1. The highest BCUT2D eigenvalue weighted by molar-refractivity contribution is 5.80. The summed E-state index contributed by atoms with van der Waals surface area (Å²) in [6, 6.07) is 6.09. The van der Waals surface area contributed by atoms with Crippen LogP contribution in [0.4, 0.5) is 0 Å². The Morgan fingerprint density at radius 2 is 2.05 bits per heavy atom. The zero-order chi connectivity index (χ0) is 15.7.